The summed E-state index contributed by atoms with van der Waals surface area (Å²) in [5, 5.41) is 6.29. The van der Waals surface area contributed by atoms with Gasteiger partial charge in [0.2, 0.25) is 5.91 Å². The molecule has 1 amide bonds. The SMILES string of the molecule is CC(N[C@H](C)c1cccc(Br)c1)C(=O)NC(C)(C)C. The molecule has 0 aliphatic heterocycles. The Balaban J connectivity index is 2.61. The standard InChI is InChI=1S/C15H23BrN2O/c1-10(12-7-6-8-13(16)9-12)17-11(2)14(19)18-15(3,4)5/h6-11,17H,1-5H3,(H,18,19)/t10-,11?/m1/s1. The lowest BCUT2D eigenvalue weighted by molar-refractivity contribution is -0.124. The lowest BCUT2D eigenvalue weighted by Crippen LogP contribution is -2.49. The number of nitrogens with one attached hydrogen (secondary N) is 2. The Hall–Kier alpha value is -0.870. The number of hydrogen-bond donors (Lipinski definition) is 2. The Bertz CT molecular complexity index is 440. The summed E-state index contributed by atoms with van der Waals surface area (Å²) in [6.45, 7) is 9.89. The van der Waals surface area contributed by atoms with E-state index < -0.39 is 0 Å². The highest BCUT2D eigenvalue weighted by atomic mass is 79.9. The van der Waals surface area contributed by atoms with Crippen molar-refractivity contribution >= 4 is 21.8 Å². The van der Waals surface area contributed by atoms with Gasteiger partial charge in [-0.05, 0) is 52.3 Å². The molecule has 1 aromatic carbocycles. The summed E-state index contributed by atoms with van der Waals surface area (Å²) in [4.78, 5) is 12.0. The Morgan fingerprint density at radius 1 is 1.26 bits per heavy atom. The van der Waals surface area contributed by atoms with E-state index in [1.54, 1.807) is 0 Å². The molecule has 1 unspecified atom stereocenters. The molecule has 0 aliphatic carbocycles. The van der Waals surface area contributed by atoms with Crippen molar-refractivity contribution < 1.29 is 4.79 Å². The molecular formula is C15H23BrN2O. The third kappa shape index (κ3) is 5.74. The summed E-state index contributed by atoms with van der Waals surface area (Å²) in [6.07, 6.45) is 0. The van der Waals surface area contributed by atoms with Crippen LogP contribution in [-0.4, -0.2) is 17.5 Å². The average Bonchev–Trinajstić information content (AvgIpc) is 2.26. The van der Waals surface area contributed by atoms with Crippen LogP contribution in [0.1, 0.15) is 46.2 Å². The third-order valence-corrected chi connectivity index (χ3v) is 3.23. The van der Waals surface area contributed by atoms with Gasteiger partial charge in [0.25, 0.3) is 0 Å². The highest BCUT2D eigenvalue weighted by Gasteiger charge is 2.20. The zero-order valence-electron chi connectivity index (χ0n) is 12.3. The first kappa shape index (κ1) is 16.2. The molecule has 3 nitrogen and oxygen atoms in total. The topological polar surface area (TPSA) is 41.1 Å². The number of halogens is 1. The maximum Gasteiger partial charge on any atom is 0.237 e. The predicted molar refractivity (Wildman–Crippen MR) is 83.1 cm³/mol. The van der Waals surface area contributed by atoms with Crippen molar-refractivity contribution in [3.8, 4) is 0 Å². The van der Waals surface area contributed by atoms with Crippen molar-refractivity contribution in [2.24, 2.45) is 0 Å². The molecule has 1 rings (SSSR count). The summed E-state index contributed by atoms with van der Waals surface area (Å²) in [5.74, 6) is 0.0225. The first-order valence-electron chi connectivity index (χ1n) is 6.52. The molecule has 0 aromatic heterocycles. The summed E-state index contributed by atoms with van der Waals surface area (Å²) < 4.78 is 1.05. The Morgan fingerprint density at radius 3 is 2.42 bits per heavy atom. The van der Waals surface area contributed by atoms with Gasteiger partial charge in [0.15, 0.2) is 0 Å². The average molecular weight is 327 g/mol. The lowest BCUT2D eigenvalue weighted by atomic mass is 10.1. The fourth-order valence-corrected chi connectivity index (χ4v) is 2.22. The van der Waals surface area contributed by atoms with Gasteiger partial charge in [0.05, 0.1) is 6.04 Å². The van der Waals surface area contributed by atoms with Gasteiger partial charge in [0, 0.05) is 16.1 Å². The molecule has 0 heterocycles. The minimum Gasteiger partial charge on any atom is -0.350 e. The molecule has 0 fully saturated rings. The van der Waals surface area contributed by atoms with E-state index in [0.717, 1.165) is 10.0 Å². The normalized spacial score (nSPS) is 14.8. The van der Waals surface area contributed by atoms with Crippen LogP contribution in [-0.2, 0) is 4.79 Å². The Kier molecular flexibility index (Phi) is 5.56. The second-order valence-corrected chi connectivity index (χ2v) is 6.82. The smallest absolute Gasteiger partial charge is 0.237 e. The fraction of sp³-hybridized carbons (Fsp3) is 0.533. The second kappa shape index (κ2) is 6.53. The van der Waals surface area contributed by atoms with E-state index in [2.05, 4.69) is 45.6 Å². The van der Waals surface area contributed by atoms with E-state index in [4.69, 9.17) is 0 Å². The van der Waals surface area contributed by atoms with E-state index in [9.17, 15) is 4.79 Å². The summed E-state index contributed by atoms with van der Waals surface area (Å²) in [5.41, 5.74) is 0.955. The minimum absolute atomic E-state index is 0.0225. The lowest BCUT2D eigenvalue weighted by Gasteiger charge is -2.25. The van der Waals surface area contributed by atoms with Gasteiger partial charge in [-0.25, -0.2) is 0 Å². The van der Waals surface area contributed by atoms with E-state index in [1.165, 1.54) is 0 Å². The van der Waals surface area contributed by atoms with Crippen LogP contribution in [0.4, 0.5) is 0 Å². The Labute approximate surface area is 124 Å². The van der Waals surface area contributed by atoms with Crippen molar-refractivity contribution in [3.05, 3.63) is 34.3 Å². The van der Waals surface area contributed by atoms with Crippen LogP contribution in [0, 0.1) is 0 Å². The van der Waals surface area contributed by atoms with Gasteiger partial charge < -0.3 is 5.32 Å². The summed E-state index contributed by atoms with van der Waals surface area (Å²) in [7, 11) is 0. The predicted octanol–water partition coefficient (Wildman–Crippen LogP) is 3.40. The van der Waals surface area contributed by atoms with E-state index >= 15 is 0 Å². The van der Waals surface area contributed by atoms with Crippen LogP contribution in [0.15, 0.2) is 28.7 Å². The van der Waals surface area contributed by atoms with Crippen molar-refractivity contribution in [3.63, 3.8) is 0 Å². The first-order chi connectivity index (χ1) is 8.69. The molecule has 1 aromatic rings. The molecule has 0 spiro atoms. The molecule has 0 aliphatic rings. The summed E-state index contributed by atoms with van der Waals surface area (Å²) in [6, 6.07) is 8.00. The monoisotopic (exact) mass is 326 g/mol. The number of carbonyl (C=O) groups excluding carboxylic acids is 1. The molecular weight excluding hydrogens is 304 g/mol. The van der Waals surface area contributed by atoms with Gasteiger partial charge in [-0.1, -0.05) is 28.1 Å². The third-order valence-electron chi connectivity index (χ3n) is 2.74. The molecule has 0 saturated heterocycles. The zero-order valence-corrected chi connectivity index (χ0v) is 13.8. The number of amides is 1. The van der Waals surface area contributed by atoms with Crippen molar-refractivity contribution in [1.82, 2.24) is 10.6 Å². The summed E-state index contributed by atoms with van der Waals surface area (Å²) >= 11 is 3.46. The maximum absolute atomic E-state index is 12.0. The van der Waals surface area contributed by atoms with Gasteiger partial charge in [-0.2, -0.15) is 0 Å². The zero-order chi connectivity index (χ0) is 14.6. The Morgan fingerprint density at radius 2 is 1.89 bits per heavy atom. The highest BCUT2D eigenvalue weighted by molar-refractivity contribution is 9.10. The van der Waals surface area contributed by atoms with Gasteiger partial charge in [-0.3, -0.25) is 10.1 Å². The number of hydrogen-bond acceptors (Lipinski definition) is 2. The van der Waals surface area contributed by atoms with E-state index in [1.807, 2.05) is 39.8 Å². The molecule has 0 radical (unpaired) electrons. The molecule has 4 heteroatoms. The van der Waals surface area contributed by atoms with Crippen LogP contribution in [0.2, 0.25) is 0 Å². The second-order valence-electron chi connectivity index (χ2n) is 5.90. The molecule has 2 atom stereocenters. The molecule has 0 saturated carbocycles. The largest absolute Gasteiger partial charge is 0.350 e. The van der Waals surface area contributed by atoms with Crippen LogP contribution >= 0.6 is 15.9 Å². The van der Waals surface area contributed by atoms with Crippen molar-refractivity contribution in [2.45, 2.75) is 52.2 Å². The first-order valence-corrected chi connectivity index (χ1v) is 7.32. The van der Waals surface area contributed by atoms with E-state index in [0.29, 0.717) is 0 Å². The van der Waals surface area contributed by atoms with E-state index in [-0.39, 0.29) is 23.5 Å². The number of rotatable bonds is 4. The quantitative estimate of drug-likeness (QED) is 0.890. The molecule has 2 N–H and O–H groups in total. The fourth-order valence-electron chi connectivity index (χ4n) is 1.80. The van der Waals surface area contributed by atoms with Crippen LogP contribution in [0.3, 0.4) is 0 Å². The van der Waals surface area contributed by atoms with Crippen molar-refractivity contribution in [2.75, 3.05) is 0 Å². The number of carbonyl (C=O) groups is 1. The molecule has 0 bridgehead atoms. The van der Waals surface area contributed by atoms with Crippen molar-refractivity contribution in [1.29, 1.82) is 0 Å². The van der Waals surface area contributed by atoms with Gasteiger partial charge in [0.1, 0.15) is 0 Å². The van der Waals surface area contributed by atoms with Gasteiger partial charge >= 0.3 is 0 Å². The van der Waals surface area contributed by atoms with Crippen LogP contribution < -0.4 is 10.6 Å². The minimum atomic E-state index is -0.229. The molecule has 106 valence electrons. The molecule has 19 heavy (non-hydrogen) atoms. The maximum atomic E-state index is 12.0. The van der Waals surface area contributed by atoms with Crippen LogP contribution in [0.5, 0.6) is 0 Å². The van der Waals surface area contributed by atoms with Crippen LogP contribution in [0.25, 0.3) is 0 Å². The number of benzene rings is 1. The highest BCUT2D eigenvalue weighted by Crippen LogP contribution is 2.18. The van der Waals surface area contributed by atoms with Gasteiger partial charge in [-0.15, -0.1) is 0 Å².